The van der Waals surface area contributed by atoms with E-state index in [1.807, 2.05) is 18.2 Å². The minimum atomic E-state index is -0.598. The van der Waals surface area contributed by atoms with Gasteiger partial charge in [0.1, 0.15) is 0 Å². The van der Waals surface area contributed by atoms with Crippen molar-refractivity contribution in [1.29, 1.82) is 0 Å². The first-order valence-corrected chi connectivity index (χ1v) is 9.83. The molecule has 6 rings (SSSR count). The van der Waals surface area contributed by atoms with Gasteiger partial charge in [-0.15, -0.1) is 0 Å². The number of benzene rings is 1. The van der Waals surface area contributed by atoms with Crippen molar-refractivity contribution >= 4 is 16.7 Å². The number of aliphatic hydroxyl groups is 1. The van der Waals surface area contributed by atoms with E-state index in [1.165, 1.54) is 11.1 Å². The van der Waals surface area contributed by atoms with Gasteiger partial charge in [-0.1, -0.05) is 18.2 Å². The van der Waals surface area contributed by atoms with Crippen molar-refractivity contribution < 1.29 is 9.90 Å². The summed E-state index contributed by atoms with van der Waals surface area (Å²) in [7, 11) is 1.62. The molecule has 1 aromatic carbocycles. The maximum atomic E-state index is 12.9. The Balaban J connectivity index is 1.41. The van der Waals surface area contributed by atoms with E-state index in [-0.39, 0.29) is 23.4 Å². The van der Waals surface area contributed by atoms with Crippen LogP contribution in [0.2, 0.25) is 0 Å². The molecule has 0 spiro atoms. The van der Waals surface area contributed by atoms with Crippen molar-refractivity contribution in [2.24, 2.45) is 18.9 Å². The van der Waals surface area contributed by atoms with E-state index in [1.54, 1.807) is 13.1 Å². The van der Waals surface area contributed by atoms with E-state index >= 15 is 0 Å². The fourth-order valence-electron chi connectivity index (χ4n) is 6.36. The lowest BCUT2D eigenvalue weighted by Gasteiger charge is -2.60. The highest BCUT2D eigenvalue weighted by Gasteiger charge is 2.57. The highest BCUT2D eigenvalue weighted by Crippen LogP contribution is 2.57. The lowest BCUT2D eigenvalue weighted by molar-refractivity contribution is -0.150. The normalized spacial score (nSPS) is 34.1. The van der Waals surface area contributed by atoms with Gasteiger partial charge in [-0.3, -0.25) is 9.59 Å². The highest BCUT2D eigenvalue weighted by atomic mass is 16.3. The molecule has 0 aliphatic heterocycles. The number of fused-ring (bicyclic) bond motifs is 1. The molecule has 0 radical (unpaired) electrons. The van der Waals surface area contributed by atoms with Gasteiger partial charge in [-0.2, -0.15) is 5.10 Å². The van der Waals surface area contributed by atoms with Crippen molar-refractivity contribution in [2.45, 2.75) is 56.1 Å². The predicted octanol–water partition coefficient (Wildman–Crippen LogP) is 1.68. The molecule has 2 unspecified atom stereocenters. The molecule has 1 aromatic heterocycles. The summed E-state index contributed by atoms with van der Waals surface area (Å²) in [6, 6.07) is 7.30. The average molecular weight is 367 g/mol. The Bertz CT molecular complexity index is 982. The number of rotatable bonds is 3. The molecule has 6 nitrogen and oxygen atoms in total. The Hall–Kier alpha value is -2.21. The molecule has 1 heterocycles. The number of aryl methyl sites for hydroxylation is 1. The van der Waals surface area contributed by atoms with Gasteiger partial charge in [0.25, 0.3) is 5.56 Å². The molecule has 1 amide bonds. The number of amides is 1. The van der Waals surface area contributed by atoms with E-state index in [2.05, 4.69) is 10.4 Å². The Kier molecular flexibility index (Phi) is 3.54. The van der Waals surface area contributed by atoms with Crippen molar-refractivity contribution in [1.82, 2.24) is 15.1 Å². The van der Waals surface area contributed by atoms with Crippen molar-refractivity contribution in [3.05, 3.63) is 40.3 Å². The summed E-state index contributed by atoms with van der Waals surface area (Å²) in [6.07, 6.45) is 5.71. The summed E-state index contributed by atoms with van der Waals surface area (Å²) in [5, 5.41) is 19.8. The van der Waals surface area contributed by atoms with Gasteiger partial charge in [0.15, 0.2) is 0 Å². The first-order chi connectivity index (χ1) is 12.8. The lowest BCUT2D eigenvalue weighted by atomic mass is 9.51. The van der Waals surface area contributed by atoms with Crippen molar-refractivity contribution in [3.8, 4) is 0 Å². The standard InChI is InChI=1S/C21H25N3O3/c1-24-19(26)16-5-3-2-4-15(16)17(23-24)7-18(25)22-20-8-13-6-14(9-20)11-21(27,10-13)12-20/h2-5,13-14,27H,6-12H2,1H3,(H,22,25)/t13-,14+,20?,21?. The van der Waals surface area contributed by atoms with Crippen LogP contribution in [0.4, 0.5) is 0 Å². The van der Waals surface area contributed by atoms with Crippen LogP contribution >= 0.6 is 0 Å². The third-order valence-corrected chi connectivity index (χ3v) is 6.80. The molecule has 6 heteroatoms. The van der Waals surface area contributed by atoms with Gasteiger partial charge >= 0.3 is 0 Å². The molecule has 2 aromatic rings. The quantitative estimate of drug-likeness (QED) is 0.864. The molecule has 4 saturated carbocycles. The molecule has 0 saturated heterocycles. The van der Waals surface area contributed by atoms with Gasteiger partial charge in [-0.25, -0.2) is 4.68 Å². The molecule has 4 bridgehead atoms. The van der Waals surface area contributed by atoms with Crippen LogP contribution in [0, 0.1) is 11.8 Å². The van der Waals surface area contributed by atoms with Crippen LogP contribution in [0.1, 0.15) is 44.2 Å². The molecular weight excluding hydrogens is 342 g/mol. The maximum Gasteiger partial charge on any atom is 0.274 e. The molecule has 4 atom stereocenters. The zero-order valence-corrected chi connectivity index (χ0v) is 15.6. The number of hydrogen-bond donors (Lipinski definition) is 2. The van der Waals surface area contributed by atoms with Gasteiger partial charge < -0.3 is 10.4 Å². The van der Waals surface area contributed by atoms with Crippen LogP contribution in [0.5, 0.6) is 0 Å². The van der Waals surface area contributed by atoms with E-state index < -0.39 is 5.60 Å². The van der Waals surface area contributed by atoms with Crippen LogP contribution in [0.15, 0.2) is 29.1 Å². The smallest absolute Gasteiger partial charge is 0.274 e. The number of nitrogens with zero attached hydrogens (tertiary/aromatic N) is 2. The summed E-state index contributed by atoms with van der Waals surface area (Å²) >= 11 is 0. The summed E-state index contributed by atoms with van der Waals surface area (Å²) < 4.78 is 1.30. The van der Waals surface area contributed by atoms with Crippen LogP contribution in [-0.4, -0.2) is 31.9 Å². The molecule has 4 aliphatic carbocycles. The van der Waals surface area contributed by atoms with E-state index in [0.29, 0.717) is 29.3 Å². The summed E-state index contributed by atoms with van der Waals surface area (Å²) in [6.45, 7) is 0. The minimum Gasteiger partial charge on any atom is -0.390 e. The zero-order chi connectivity index (χ0) is 18.8. The summed E-state index contributed by atoms with van der Waals surface area (Å²) in [4.78, 5) is 25.2. The second kappa shape index (κ2) is 5.64. The largest absolute Gasteiger partial charge is 0.390 e. The van der Waals surface area contributed by atoms with Crippen molar-refractivity contribution in [3.63, 3.8) is 0 Å². The number of carbonyl (C=O) groups excluding carboxylic acids is 1. The molecule has 2 N–H and O–H groups in total. The van der Waals surface area contributed by atoms with Crippen LogP contribution in [-0.2, 0) is 18.3 Å². The fourth-order valence-corrected chi connectivity index (χ4v) is 6.36. The Morgan fingerprint density at radius 3 is 2.56 bits per heavy atom. The summed E-state index contributed by atoms with van der Waals surface area (Å²) in [5.41, 5.74) is -0.405. The van der Waals surface area contributed by atoms with E-state index in [4.69, 9.17) is 0 Å². The fraction of sp³-hybridized carbons (Fsp3) is 0.571. The second-order valence-electron chi connectivity index (χ2n) is 9.11. The number of carbonyl (C=O) groups is 1. The minimum absolute atomic E-state index is 0.0724. The number of hydrogen-bond acceptors (Lipinski definition) is 4. The molecule has 142 valence electrons. The van der Waals surface area contributed by atoms with Gasteiger partial charge in [0.05, 0.1) is 23.1 Å². The Morgan fingerprint density at radius 1 is 1.22 bits per heavy atom. The molecule has 4 fully saturated rings. The second-order valence-corrected chi connectivity index (χ2v) is 9.11. The van der Waals surface area contributed by atoms with Crippen LogP contribution < -0.4 is 10.9 Å². The number of aromatic nitrogens is 2. The van der Waals surface area contributed by atoms with Gasteiger partial charge in [0.2, 0.25) is 5.91 Å². The third kappa shape index (κ3) is 2.78. The third-order valence-electron chi connectivity index (χ3n) is 6.80. The lowest BCUT2D eigenvalue weighted by Crippen LogP contribution is -2.65. The van der Waals surface area contributed by atoms with E-state index in [0.717, 1.165) is 31.1 Å². The van der Waals surface area contributed by atoms with Gasteiger partial charge in [-0.05, 0) is 56.4 Å². The number of nitrogens with one attached hydrogen (secondary N) is 1. The first kappa shape index (κ1) is 16.9. The zero-order valence-electron chi connectivity index (χ0n) is 15.6. The molecular formula is C21H25N3O3. The monoisotopic (exact) mass is 367 g/mol. The van der Waals surface area contributed by atoms with Crippen molar-refractivity contribution in [2.75, 3.05) is 0 Å². The van der Waals surface area contributed by atoms with Crippen LogP contribution in [0.3, 0.4) is 0 Å². The van der Waals surface area contributed by atoms with E-state index in [9.17, 15) is 14.7 Å². The Labute approximate surface area is 157 Å². The van der Waals surface area contributed by atoms with Crippen LogP contribution in [0.25, 0.3) is 10.8 Å². The Morgan fingerprint density at radius 2 is 1.89 bits per heavy atom. The summed E-state index contributed by atoms with van der Waals surface area (Å²) in [5.74, 6) is 0.970. The first-order valence-electron chi connectivity index (χ1n) is 9.83. The molecule has 4 aliphatic rings. The highest BCUT2D eigenvalue weighted by molar-refractivity contribution is 5.88. The average Bonchev–Trinajstić information content (AvgIpc) is 2.56. The topological polar surface area (TPSA) is 84.2 Å². The van der Waals surface area contributed by atoms with Gasteiger partial charge in [0, 0.05) is 18.0 Å². The predicted molar refractivity (Wildman–Crippen MR) is 101 cm³/mol. The molecule has 27 heavy (non-hydrogen) atoms. The SMILES string of the molecule is Cn1nc(CC(=O)NC23C[C@@H]4C[C@@H](CC(O)(C4)C2)C3)c2ccccc2c1=O. The maximum absolute atomic E-state index is 12.9.